The summed E-state index contributed by atoms with van der Waals surface area (Å²) in [4.78, 5) is 2.05. The van der Waals surface area contributed by atoms with Crippen LogP contribution in [0, 0.1) is 29.3 Å². The van der Waals surface area contributed by atoms with E-state index in [0.29, 0.717) is 17.9 Å². The fourth-order valence-corrected chi connectivity index (χ4v) is 2.69. The first kappa shape index (κ1) is 14.3. The molecule has 1 aromatic carbocycles. The molecule has 1 saturated heterocycles. The van der Waals surface area contributed by atoms with E-state index in [-0.39, 0.29) is 12.1 Å². The van der Waals surface area contributed by atoms with Crippen LogP contribution in [0.2, 0.25) is 0 Å². The molecule has 3 atom stereocenters. The molecule has 3 unspecified atom stereocenters. The summed E-state index contributed by atoms with van der Waals surface area (Å²) in [7, 11) is 0. The molecule has 0 saturated carbocycles. The number of nitrogens with zero attached hydrogens (tertiary/aromatic N) is 1. The van der Waals surface area contributed by atoms with E-state index in [9.17, 15) is 13.2 Å². The van der Waals surface area contributed by atoms with Gasteiger partial charge < -0.3 is 5.73 Å². The van der Waals surface area contributed by atoms with E-state index in [0.717, 1.165) is 19.2 Å². The number of hydrogen-bond acceptors (Lipinski definition) is 2. The van der Waals surface area contributed by atoms with E-state index >= 15 is 0 Å². The maximum Gasteiger partial charge on any atom is 0.161 e. The average molecular weight is 272 g/mol. The van der Waals surface area contributed by atoms with Gasteiger partial charge >= 0.3 is 0 Å². The molecule has 2 nitrogen and oxygen atoms in total. The zero-order chi connectivity index (χ0) is 14.2. The smallest absolute Gasteiger partial charge is 0.161 e. The first-order chi connectivity index (χ1) is 8.93. The van der Waals surface area contributed by atoms with Gasteiger partial charge in [-0.15, -0.1) is 0 Å². The summed E-state index contributed by atoms with van der Waals surface area (Å²) in [5.41, 5.74) is 5.85. The fraction of sp³-hybridized carbons (Fsp3) is 0.571. The molecule has 1 aromatic rings. The van der Waals surface area contributed by atoms with E-state index in [1.165, 1.54) is 0 Å². The molecule has 0 spiro atoms. The molecule has 0 aromatic heterocycles. The van der Waals surface area contributed by atoms with Gasteiger partial charge in [0.15, 0.2) is 11.6 Å². The highest BCUT2D eigenvalue weighted by Gasteiger charge is 2.32. The number of benzene rings is 1. The molecule has 1 heterocycles. The number of hydrogen-bond donors (Lipinski definition) is 1. The molecule has 0 bridgehead atoms. The SMILES string of the molecule is CC1CN(C(CN)c2cc(F)c(F)cc2F)CC1C. The Morgan fingerprint density at radius 1 is 1.11 bits per heavy atom. The van der Waals surface area contributed by atoms with E-state index in [1.807, 2.05) is 4.90 Å². The molecule has 0 amide bonds. The van der Waals surface area contributed by atoms with Crippen LogP contribution < -0.4 is 5.73 Å². The standard InChI is InChI=1S/C14H19F3N2/c1-8-6-19(7-9(8)2)14(5-18)10-3-12(16)13(17)4-11(10)15/h3-4,8-9,14H,5-7,18H2,1-2H3. The van der Waals surface area contributed by atoms with Crippen LogP contribution in [-0.4, -0.2) is 24.5 Å². The van der Waals surface area contributed by atoms with Gasteiger partial charge in [0.1, 0.15) is 5.82 Å². The highest BCUT2D eigenvalue weighted by molar-refractivity contribution is 5.24. The van der Waals surface area contributed by atoms with Crippen LogP contribution in [0.25, 0.3) is 0 Å². The molecular weight excluding hydrogens is 253 g/mol. The van der Waals surface area contributed by atoms with Crippen LogP contribution in [0.3, 0.4) is 0 Å². The second-order valence-electron chi connectivity index (χ2n) is 5.45. The Labute approximate surface area is 111 Å². The summed E-state index contributed by atoms with van der Waals surface area (Å²) in [6.07, 6.45) is 0. The summed E-state index contributed by atoms with van der Waals surface area (Å²) < 4.78 is 40.1. The Morgan fingerprint density at radius 3 is 2.16 bits per heavy atom. The predicted octanol–water partition coefficient (Wildman–Crippen LogP) is 2.69. The Bertz CT molecular complexity index is 454. The van der Waals surface area contributed by atoms with Crippen molar-refractivity contribution in [1.29, 1.82) is 0 Å². The lowest BCUT2D eigenvalue weighted by atomic mass is 10.0. The summed E-state index contributed by atoms with van der Waals surface area (Å²) in [6, 6.07) is 1.12. The van der Waals surface area contributed by atoms with Gasteiger partial charge in [0.2, 0.25) is 0 Å². The van der Waals surface area contributed by atoms with Gasteiger partial charge in [-0.3, -0.25) is 4.90 Å². The summed E-state index contributed by atoms with van der Waals surface area (Å²) in [6.45, 7) is 6.02. The maximum absolute atomic E-state index is 13.8. The minimum absolute atomic E-state index is 0.141. The number of rotatable bonds is 3. The Hall–Kier alpha value is -1.07. The highest BCUT2D eigenvalue weighted by Crippen LogP contribution is 2.32. The lowest BCUT2D eigenvalue weighted by Gasteiger charge is -2.27. The van der Waals surface area contributed by atoms with Crippen LogP contribution in [0.15, 0.2) is 12.1 Å². The van der Waals surface area contributed by atoms with Crippen LogP contribution >= 0.6 is 0 Å². The van der Waals surface area contributed by atoms with Crippen molar-refractivity contribution < 1.29 is 13.2 Å². The van der Waals surface area contributed by atoms with E-state index < -0.39 is 23.5 Å². The van der Waals surface area contributed by atoms with Crippen molar-refractivity contribution in [2.24, 2.45) is 17.6 Å². The lowest BCUT2D eigenvalue weighted by Crippen LogP contribution is -2.33. The molecule has 1 aliphatic heterocycles. The van der Waals surface area contributed by atoms with Crippen molar-refractivity contribution in [2.75, 3.05) is 19.6 Å². The number of likely N-dealkylation sites (tertiary alicyclic amines) is 1. The second-order valence-corrected chi connectivity index (χ2v) is 5.45. The van der Waals surface area contributed by atoms with E-state index in [2.05, 4.69) is 13.8 Å². The minimum Gasteiger partial charge on any atom is -0.329 e. The van der Waals surface area contributed by atoms with E-state index in [1.54, 1.807) is 0 Å². The molecule has 5 heteroatoms. The maximum atomic E-state index is 13.8. The first-order valence-electron chi connectivity index (χ1n) is 6.52. The molecule has 2 rings (SSSR count). The topological polar surface area (TPSA) is 29.3 Å². The monoisotopic (exact) mass is 272 g/mol. The second kappa shape index (κ2) is 5.51. The molecule has 2 N–H and O–H groups in total. The molecule has 1 fully saturated rings. The quantitative estimate of drug-likeness (QED) is 0.857. The van der Waals surface area contributed by atoms with Gasteiger partial charge in [-0.2, -0.15) is 0 Å². The predicted molar refractivity (Wildman–Crippen MR) is 68.0 cm³/mol. The van der Waals surface area contributed by atoms with Crippen LogP contribution in [-0.2, 0) is 0 Å². The van der Waals surface area contributed by atoms with Crippen LogP contribution in [0.4, 0.5) is 13.2 Å². The molecule has 1 aliphatic rings. The van der Waals surface area contributed by atoms with Gasteiger partial charge in [0.05, 0.1) is 6.04 Å². The van der Waals surface area contributed by atoms with Gasteiger partial charge in [0, 0.05) is 31.3 Å². The zero-order valence-electron chi connectivity index (χ0n) is 11.2. The highest BCUT2D eigenvalue weighted by atomic mass is 19.2. The number of nitrogens with two attached hydrogens (primary N) is 1. The van der Waals surface area contributed by atoms with Gasteiger partial charge in [-0.25, -0.2) is 13.2 Å². The third-order valence-corrected chi connectivity index (χ3v) is 4.08. The minimum atomic E-state index is -1.17. The zero-order valence-corrected chi connectivity index (χ0v) is 11.2. The van der Waals surface area contributed by atoms with Crippen molar-refractivity contribution >= 4 is 0 Å². The van der Waals surface area contributed by atoms with Gasteiger partial charge in [-0.1, -0.05) is 13.8 Å². The largest absolute Gasteiger partial charge is 0.329 e. The van der Waals surface area contributed by atoms with E-state index in [4.69, 9.17) is 5.73 Å². The molecule has 0 radical (unpaired) electrons. The van der Waals surface area contributed by atoms with Crippen LogP contribution in [0.1, 0.15) is 25.5 Å². The van der Waals surface area contributed by atoms with Crippen molar-refractivity contribution in [3.63, 3.8) is 0 Å². The first-order valence-corrected chi connectivity index (χ1v) is 6.52. The Balaban J connectivity index is 2.30. The fourth-order valence-electron chi connectivity index (χ4n) is 2.69. The van der Waals surface area contributed by atoms with Crippen molar-refractivity contribution in [1.82, 2.24) is 4.90 Å². The lowest BCUT2D eigenvalue weighted by molar-refractivity contribution is 0.234. The van der Waals surface area contributed by atoms with Crippen molar-refractivity contribution in [3.8, 4) is 0 Å². The van der Waals surface area contributed by atoms with Crippen molar-refractivity contribution in [2.45, 2.75) is 19.9 Å². The Morgan fingerprint density at radius 2 is 1.63 bits per heavy atom. The van der Waals surface area contributed by atoms with Crippen molar-refractivity contribution in [3.05, 3.63) is 35.1 Å². The third kappa shape index (κ3) is 2.77. The molecule has 0 aliphatic carbocycles. The summed E-state index contributed by atoms with van der Waals surface area (Å²) in [5, 5.41) is 0. The van der Waals surface area contributed by atoms with Crippen LogP contribution in [0.5, 0.6) is 0 Å². The molecule has 19 heavy (non-hydrogen) atoms. The molecule has 106 valence electrons. The van der Waals surface area contributed by atoms with Gasteiger partial charge in [-0.05, 0) is 17.9 Å². The summed E-state index contributed by atoms with van der Waals surface area (Å²) >= 11 is 0. The Kier molecular flexibility index (Phi) is 4.16. The number of halogens is 3. The average Bonchev–Trinajstić information content (AvgIpc) is 2.67. The van der Waals surface area contributed by atoms with Gasteiger partial charge in [0.25, 0.3) is 0 Å². The molecular formula is C14H19F3N2. The normalized spacial score (nSPS) is 25.8. The third-order valence-electron chi connectivity index (χ3n) is 4.08. The summed E-state index contributed by atoms with van der Waals surface area (Å²) in [5.74, 6) is -1.96.